The molecule has 0 saturated carbocycles. The Bertz CT molecular complexity index is 174. The zero-order valence-corrected chi connectivity index (χ0v) is 11.9. The van der Waals surface area contributed by atoms with Crippen LogP contribution in [-0.2, 0) is 9.47 Å². The van der Waals surface area contributed by atoms with Crippen molar-refractivity contribution in [3.8, 4) is 0 Å². The first kappa shape index (κ1) is 15.0. The third kappa shape index (κ3) is 7.77. The van der Waals surface area contributed by atoms with E-state index in [1.807, 2.05) is 0 Å². The Morgan fingerprint density at radius 1 is 1.12 bits per heavy atom. The van der Waals surface area contributed by atoms with Crippen molar-refractivity contribution in [2.75, 3.05) is 13.2 Å². The average molecular weight is 242 g/mol. The zero-order valence-electron chi connectivity index (χ0n) is 11.9. The summed E-state index contributed by atoms with van der Waals surface area (Å²) in [4.78, 5) is 0. The molecule has 1 fully saturated rings. The molecule has 2 heteroatoms. The molecule has 0 spiro atoms. The quantitative estimate of drug-likeness (QED) is 0.629. The summed E-state index contributed by atoms with van der Waals surface area (Å²) >= 11 is 0. The highest BCUT2D eigenvalue weighted by Gasteiger charge is 2.14. The van der Waals surface area contributed by atoms with Gasteiger partial charge in [0.05, 0.1) is 0 Å². The molecule has 1 rings (SSSR count). The lowest BCUT2D eigenvalue weighted by Crippen LogP contribution is -2.23. The molecule has 0 aromatic heterocycles. The number of hydrogen-bond acceptors (Lipinski definition) is 2. The summed E-state index contributed by atoms with van der Waals surface area (Å²) in [5.74, 6) is 1.63. The Morgan fingerprint density at radius 2 is 1.94 bits per heavy atom. The van der Waals surface area contributed by atoms with Crippen LogP contribution in [0.1, 0.15) is 65.7 Å². The Kier molecular flexibility index (Phi) is 7.87. The smallest absolute Gasteiger partial charge is 0.157 e. The first-order valence-corrected chi connectivity index (χ1v) is 7.41. The molecule has 0 aliphatic carbocycles. The minimum Gasteiger partial charge on any atom is -0.353 e. The molecule has 0 N–H and O–H groups in total. The summed E-state index contributed by atoms with van der Waals surface area (Å²) in [6.07, 6.45) is 8.87. The van der Waals surface area contributed by atoms with E-state index in [2.05, 4.69) is 20.8 Å². The van der Waals surface area contributed by atoms with Gasteiger partial charge in [-0.25, -0.2) is 0 Å². The van der Waals surface area contributed by atoms with E-state index in [4.69, 9.17) is 9.47 Å². The molecule has 102 valence electrons. The van der Waals surface area contributed by atoms with Crippen molar-refractivity contribution < 1.29 is 9.47 Å². The molecule has 1 heterocycles. The van der Waals surface area contributed by atoms with Gasteiger partial charge in [0.2, 0.25) is 0 Å². The van der Waals surface area contributed by atoms with Gasteiger partial charge < -0.3 is 9.47 Å². The summed E-state index contributed by atoms with van der Waals surface area (Å²) in [7, 11) is 0. The van der Waals surface area contributed by atoms with Gasteiger partial charge in [0.1, 0.15) is 0 Å². The molecule has 1 aliphatic rings. The van der Waals surface area contributed by atoms with Crippen molar-refractivity contribution >= 4 is 0 Å². The first-order valence-electron chi connectivity index (χ1n) is 7.41. The second kappa shape index (κ2) is 8.93. The fourth-order valence-corrected chi connectivity index (χ4v) is 2.26. The van der Waals surface area contributed by atoms with Crippen LogP contribution in [0.3, 0.4) is 0 Å². The van der Waals surface area contributed by atoms with Crippen LogP contribution in [0.4, 0.5) is 0 Å². The lowest BCUT2D eigenvalue weighted by molar-refractivity contribution is -0.164. The van der Waals surface area contributed by atoms with Gasteiger partial charge in [-0.15, -0.1) is 0 Å². The van der Waals surface area contributed by atoms with Crippen LogP contribution in [0.15, 0.2) is 0 Å². The van der Waals surface area contributed by atoms with Crippen molar-refractivity contribution in [3.63, 3.8) is 0 Å². The largest absolute Gasteiger partial charge is 0.353 e. The van der Waals surface area contributed by atoms with Crippen LogP contribution in [0, 0.1) is 11.8 Å². The molecule has 17 heavy (non-hydrogen) atoms. The number of ether oxygens (including phenoxy) is 2. The standard InChI is InChI=1S/C15H30O2/c1-13(2)7-6-8-14(3)10-12-17-15-9-4-5-11-16-15/h13-15H,4-12H2,1-3H3/t14-,15?/m1/s1. The van der Waals surface area contributed by atoms with Gasteiger partial charge >= 0.3 is 0 Å². The summed E-state index contributed by atoms with van der Waals surface area (Å²) < 4.78 is 11.3. The van der Waals surface area contributed by atoms with E-state index in [9.17, 15) is 0 Å². The third-order valence-electron chi connectivity index (χ3n) is 3.53. The summed E-state index contributed by atoms with van der Waals surface area (Å²) in [6.45, 7) is 8.69. The van der Waals surface area contributed by atoms with Crippen molar-refractivity contribution in [3.05, 3.63) is 0 Å². The van der Waals surface area contributed by atoms with E-state index in [0.29, 0.717) is 0 Å². The van der Waals surface area contributed by atoms with Crippen molar-refractivity contribution in [2.45, 2.75) is 72.0 Å². The van der Waals surface area contributed by atoms with Gasteiger partial charge in [0, 0.05) is 13.2 Å². The Morgan fingerprint density at radius 3 is 2.59 bits per heavy atom. The first-order chi connectivity index (χ1) is 8.18. The molecule has 0 amide bonds. The topological polar surface area (TPSA) is 18.5 Å². The molecule has 0 radical (unpaired) electrons. The van der Waals surface area contributed by atoms with E-state index in [1.54, 1.807) is 0 Å². The highest BCUT2D eigenvalue weighted by molar-refractivity contribution is 4.57. The predicted molar refractivity (Wildman–Crippen MR) is 72.0 cm³/mol. The molecule has 0 aromatic carbocycles. The molecule has 2 atom stereocenters. The summed E-state index contributed by atoms with van der Waals surface area (Å²) in [6, 6.07) is 0. The average Bonchev–Trinajstić information content (AvgIpc) is 2.30. The molecule has 1 unspecified atom stereocenters. The Hall–Kier alpha value is -0.0800. The van der Waals surface area contributed by atoms with Crippen molar-refractivity contribution in [2.24, 2.45) is 11.8 Å². The summed E-state index contributed by atoms with van der Waals surface area (Å²) in [5, 5.41) is 0. The van der Waals surface area contributed by atoms with Crippen LogP contribution >= 0.6 is 0 Å². The zero-order chi connectivity index (χ0) is 12.5. The highest BCUT2D eigenvalue weighted by atomic mass is 16.7. The maximum absolute atomic E-state index is 5.76. The monoisotopic (exact) mass is 242 g/mol. The van der Waals surface area contributed by atoms with E-state index >= 15 is 0 Å². The molecular formula is C15H30O2. The number of hydrogen-bond donors (Lipinski definition) is 0. The van der Waals surface area contributed by atoms with Crippen LogP contribution in [0.2, 0.25) is 0 Å². The van der Waals surface area contributed by atoms with Crippen LogP contribution in [0.5, 0.6) is 0 Å². The third-order valence-corrected chi connectivity index (χ3v) is 3.53. The van der Waals surface area contributed by atoms with Gasteiger partial charge in [0.25, 0.3) is 0 Å². The van der Waals surface area contributed by atoms with Crippen LogP contribution in [-0.4, -0.2) is 19.5 Å². The van der Waals surface area contributed by atoms with Crippen LogP contribution in [0.25, 0.3) is 0 Å². The highest BCUT2D eigenvalue weighted by Crippen LogP contribution is 2.17. The molecule has 0 bridgehead atoms. The van der Waals surface area contributed by atoms with Crippen molar-refractivity contribution in [1.29, 1.82) is 0 Å². The van der Waals surface area contributed by atoms with Crippen molar-refractivity contribution in [1.82, 2.24) is 0 Å². The minimum absolute atomic E-state index is 0.0895. The molecule has 2 nitrogen and oxygen atoms in total. The Labute approximate surface area is 107 Å². The van der Waals surface area contributed by atoms with Gasteiger partial charge in [-0.1, -0.05) is 40.0 Å². The second-order valence-electron chi connectivity index (χ2n) is 5.89. The molecule has 0 aromatic rings. The van der Waals surface area contributed by atoms with Gasteiger partial charge in [-0.3, -0.25) is 0 Å². The van der Waals surface area contributed by atoms with E-state index in [0.717, 1.165) is 31.5 Å². The lowest BCUT2D eigenvalue weighted by Gasteiger charge is -2.23. The van der Waals surface area contributed by atoms with Gasteiger partial charge in [-0.05, 0) is 37.5 Å². The van der Waals surface area contributed by atoms with E-state index in [1.165, 1.54) is 38.5 Å². The molecular weight excluding hydrogens is 212 g/mol. The fraction of sp³-hybridized carbons (Fsp3) is 1.00. The Balaban J connectivity index is 1.93. The minimum atomic E-state index is 0.0895. The van der Waals surface area contributed by atoms with Gasteiger partial charge in [-0.2, -0.15) is 0 Å². The maximum Gasteiger partial charge on any atom is 0.157 e. The fourth-order valence-electron chi connectivity index (χ4n) is 2.26. The molecule has 1 saturated heterocycles. The maximum atomic E-state index is 5.76. The number of rotatable bonds is 8. The van der Waals surface area contributed by atoms with Crippen LogP contribution < -0.4 is 0 Å². The van der Waals surface area contributed by atoms with E-state index < -0.39 is 0 Å². The molecule has 1 aliphatic heterocycles. The van der Waals surface area contributed by atoms with E-state index in [-0.39, 0.29) is 6.29 Å². The summed E-state index contributed by atoms with van der Waals surface area (Å²) in [5.41, 5.74) is 0. The second-order valence-corrected chi connectivity index (χ2v) is 5.89. The normalized spacial score (nSPS) is 22.9. The predicted octanol–water partition coefficient (Wildman–Crippen LogP) is 4.38. The SMILES string of the molecule is CC(C)CCC[C@@H](C)CCOC1CCCCO1. The lowest BCUT2D eigenvalue weighted by atomic mass is 9.98. The van der Waals surface area contributed by atoms with Gasteiger partial charge in [0.15, 0.2) is 6.29 Å².